The van der Waals surface area contributed by atoms with Crippen LogP contribution in [0.4, 0.5) is 10.6 Å². The second-order valence-electron chi connectivity index (χ2n) is 6.96. The molecular weight excluding hydrogens is 370 g/mol. The molecule has 0 aliphatic rings. The summed E-state index contributed by atoms with van der Waals surface area (Å²) in [5, 5.41) is 2.82. The molecule has 146 valence electrons. The predicted octanol–water partition coefficient (Wildman–Crippen LogP) is 3.51. The molecule has 0 saturated heterocycles. The van der Waals surface area contributed by atoms with Gasteiger partial charge in [0.15, 0.2) is 0 Å². The first-order valence-corrected chi connectivity index (χ1v) is 8.82. The van der Waals surface area contributed by atoms with Crippen LogP contribution in [0.5, 0.6) is 5.88 Å². The first-order chi connectivity index (χ1) is 12.7. The first-order valence-electron chi connectivity index (χ1n) is 8.45. The lowest BCUT2D eigenvalue weighted by Crippen LogP contribution is -2.43. The lowest BCUT2D eigenvalue weighted by molar-refractivity contribution is 0.187. The van der Waals surface area contributed by atoms with Gasteiger partial charge in [0, 0.05) is 23.4 Å². The van der Waals surface area contributed by atoms with Crippen LogP contribution in [0.25, 0.3) is 11.3 Å². The average Bonchev–Trinajstić information content (AvgIpc) is 2.59. The molecule has 2 rings (SSSR count). The smallest absolute Gasteiger partial charge is 0.412 e. The highest BCUT2D eigenvalue weighted by atomic mass is 35.5. The number of halogens is 1. The third kappa shape index (κ3) is 6.33. The van der Waals surface area contributed by atoms with Gasteiger partial charge < -0.3 is 15.2 Å². The van der Waals surface area contributed by atoms with Crippen LogP contribution in [-0.4, -0.2) is 40.3 Å². The van der Waals surface area contributed by atoms with E-state index in [0.717, 1.165) is 6.42 Å². The number of hydrogen-bond acceptors (Lipinski definition) is 7. The van der Waals surface area contributed by atoms with Crippen LogP contribution in [-0.2, 0) is 4.74 Å². The molecule has 0 saturated carbocycles. The largest absolute Gasteiger partial charge is 0.475 e. The molecule has 2 heterocycles. The zero-order valence-electron chi connectivity index (χ0n) is 15.8. The maximum Gasteiger partial charge on any atom is 0.412 e. The van der Waals surface area contributed by atoms with E-state index in [4.69, 9.17) is 22.1 Å². The summed E-state index contributed by atoms with van der Waals surface area (Å²) in [5.41, 5.74) is 6.97. The summed E-state index contributed by atoms with van der Waals surface area (Å²) in [5.74, 6) is 1.07. The zero-order chi connectivity index (χ0) is 20.0. The van der Waals surface area contributed by atoms with Crippen molar-refractivity contribution in [2.24, 2.45) is 11.7 Å². The molecule has 0 bridgehead atoms. The Morgan fingerprint density at radius 3 is 2.70 bits per heavy atom. The minimum atomic E-state index is -0.620. The molecule has 27 heavy (non-hydrogen) atoms. The van der Waals surface area contributed by atoms with Crippen LogP contribution in [0, 0.1) is 5.92 Å². The highest BCUT2D eigenvalue weighted by molar-refractivity contribution is 6.32. The number of carbonyl (C=O) groups excluding carboxylic acids is 1. The molecule has 0 aliphatic carbocycles. The molecule has 0 radical (unpaired) electrons. The second-order valence-corrected chi connectivity index (χ2v) is 7.36. The first kappa shape index (κ1) is 20.9. The van der Waals surface area contributed by atoms with E-state index in [-0.39, 0.29) is 0 Å². The van der Waals surface area contributed by atoms with Gasteiger partial charge in [-0.2, -0.15) is 0 Å². The molecule has 0 fully saturated rings. The van der Waals surface area contributed by atoms with Gasteiger partial charge in [-0.05, 0) is 25.3 Å². The number of rotatable bonds is 7. The van der Waals surface area contributed by atoms with Crippen molar-refractivity contribution in [2.45, 2.75) is 32.7 Å². The maximum atomic E-state index is 11.3. The number of nitrogens with one attached hydrogen (secondary N) is 1. The number of pyridine rings is 1. The minimum absolute atomic E-state index is 0.302. The summed E-state index contributed by atoms with van der Waals surface area (Å²) < 4.78 is 10.3. The van der Waals surface area contributed by atoms with Gasteiger partial charge in [-0.3, -0.25) is 5.32 Å². The summed E-state index contributed by atoms with van der Waals surface area (Å²) in [6.45, 7) is 6.45. The summed E-state index contributed by atoms with van der Waals surface area (Å²) in [6, 6.07) is 3.27. The molecule has 3 N–H and O–H groups in total. The molecule has 8 nitrogen and oxygen atoms in total. The molecule has 9 heteroatoms. The Bertz CT molecular complexity index is 798. The van der Waals surface area contributed by atoms with Gasteiger partial charge in [-0.15, -0.1) is 0 Å². The van der Waals surface area contributed by atoms with E-state index < -0.39 is 11.6 Å². The number of nitrogens with zero attached hydrogens (tertiary/aromatic N) is 3. The van der Waals surface area contributed by atoms with Crippen molar-refractivity contribution in [3.05, 3.63) is 29.7 Å². The number of aromatic nitrogens is 3. The molecular formula is C18H24ClN5O3. The quantitative estimate of drug-likeness (QED) is 0.739. The zero-order valence-corrected chi connectivity index (χ0v) is 16.6. The Morgan fingerprint density at radius 1 is 1.33 bits per heavy atom. The molecule has 1 amide bonds. The molecule has 0 spiro atoms. The van der Waals surface area contributed by atoms with Gasteiger partial charge in [0.1, 0.15) is 23.8 Å². The second kappa shape index (κ2) is 8.96. The Balaban J connectivity index is 2.12. The highest BCUT2D eigenvalue weighted by Crippen LogP contribution is 2.28. The van der Waals surface area contributed by atoms with E-state index >= 15 is 0 Å². The van der Waals surface area contributed by atoms with E-state index in [1.54, 1.807) is 18.3 Å². The number of methoxy groups -OCH3 is 1. The summed E-state index contributed by atoms with van der Waals surface area (Å²) in [7, 11) is 1.27. The van der Waals surface area contributed by atoms with Crippen LogP contribution in [0.1, 0.15) is 27.2 Å². The van der Waals surface area contributed by atoms with Crippen LogP contribution >= 0.6 is 11.6 Å². The monoisotopic (exact) mass is 393 g/mol. The van der Waals surface area contributed by atoms with E-state index in [1.165, 1.54) is 13.4 Å². The fourth-order valence-corrected chi connectivity index (χ4v) is 2.86. The number of anilines is 1. The Labute approximate surface area is 163 Å². The summed E-state index contributed by atoms with van der Waals surface area (Å²) in [4.78, 5) is 23.7. The fraction of sp³-hybridized carbons (Fsp3) is 0.444. The average molecular weight is 394 g/mol. The van der Waals surface area contributed by atoms with Crippen LogP contribution in [0.15, 0.2) is 24.7 Å². The molecule has 0 unspecified atom stereocenters. The normalized spacial score (nSPS) is 13.1. The predicted molar refractivity (Wildman–Crippen MR) is 104 cm³/mol. The van der Waals surface area contributed by atoms with Gasteiger partial charge in [0.05, 0.1) is 12.8 Å². The highest BCUT2D eigenvalue weighted by Gasteiger charge is 2.22. The van der Waals surface area contributed by atoms with Crippen LogP contribution < -0.4 is 15.8 Å². The number of amides is 1. The van der Waals surface area contributed by atoms with Crippen molar-refractivity contribution >= 4 is 23.5 Å². The number of carbonyl (C=O) groups is 1. The molecule has 2 aromatic heterocycles. The molecule has 2 aromatic rings. The SMILES string of the molecule is COC(=O)Nc1cc(-c2cnc(OC[C@@](C)(N)CC(C)C)c(Cl)c2)ncn1. The number of nitrogens with two attached hydrogens (primary N) is 1. The third-order valence-corrected chi connectivity index (χ3v) is 3.87. The van der Waals surface area contributed by atoms with Crippen LogP contribution in [0.2, 0.25) is 5.02 Å². The topological polar surface area (TPSA) is 112 Å². The van der Waals surface area contributed by atoms with Crippen molar-refractivity contribution < 1.29 is 14.3 Å². The molecule has 0 aromatic carbocycles. The maximum absolute atomic E-state index is 11.3. The van der Waals surface area contributed by atoms with Gasteiger partial charge in [-0.25, -0.2) is 19.7 Å². The third-order valence-electron chi connectivity index (χ3n) is 3.60. The summed E-state index contributed by atoms with van der Waals surface area (Å²) in [6.07, 6.45) is 3.11. The van der Waals surface area contributed by atoms with Gasteiger partial charge in [-0.1, -0.05) is 25.4 Å². The Hall–Kier alpha value is -2.45. The summed E-state index contributed by atoms with van der Waals surface area (Å²) >= 11 is 6.30. The van der Waals surface area contributed by atoms with Crippen molar-refractivity contribution in [1.82, 2.24) is 15.0 Å². The number of hydrogen-bond donors (Lipinski definition) is 2. The van der Waals surface area contributed by atoms with Gasteiger partial charge in [0.2, 0.25) is 5.88 Å². The Kier molecular flexibility index (Phi) is 6.92. The van der Waals surface area contributed by atoms with E-state index in [0.29, 0.717) is 40.5 Å². The Morgan fingerprint density at radius 2 is 2.07 bits per heavy atom. The fourth-order valence-electron chi connectivity index (χ4n) is 2.64. The lowest BCUT2D eigenvalue weighted by atomic mass is 9.93. The minimum Gasteiger partial charge on any atom is -0.475 e. The van der Waals surface area contributed by atoms with Crippen molar-refractivity contribution in [2.75, 3.05) is 19.0 Å². The standard InChI is InChI=1S/C18H24ClN5O3/c1-11(2)7-18(3,20)9-27-16-13(19)5-12(8-21-16)14-6-15(23-10-22-14)24-17(25)26-4/h5-6,8,10-11H,7,9,20H2,1-4H3,(H,22,23,24,25)/t18-/m0/s1. The van der Waals surface area contributed by atoms with E-state index in [1.807, 2.05) is 6.92 Å². The van der Waals surface area contributed by atoms with Crippen molar-refractivity contribution in [3.63, 3.8) is 0 Å². The van der Waals surface area contributed by atoms with Crippen LogP contribution in [0.3, 0.4) is 0 Å². The van der Waals surface area contributed by atoms with Gasteiger partial charge >= 0.3 is 6.09 Å². The molecule has 0 aliphatic heterocycles. The van der Waals surface area contributed by atoms with Gasteiger partial charge in [0.25, 0.3) is 0 Å². The number of ether oxygens (including phenoxy) is 2. The molecule has 1 atom stereocenters. The van der Waals surface area contributed by atoms with E-state index in [9.17, 15) is 4.79 Å². The van der Waals surface area contributed by atoms with E-state index in [2.05, 4.69) is 38.9 Å². The lowest BCUT2D eigenvalue weighted by Gasteiger charge is -2.26. The van der Waals surface area contributed by atoms with Crippen molar-refractivity contribution in [1.29, 1.82) is 0 Å². The van der Waals surface area contributed by atoms with Crippen molar-refractivity contribution in [3.8, 4) is 17.1 Å².